The van der Waals surface area contributed by atoms with Crippen molar-refractivity contribution in [1.82, 2.24) is 0 Å². The Hall–Kier alpha value is -2.12. The van der Waals surface area contributed by atoms with Crippen LogP contribution in [0.4, 0.5) is 17.6 Å². The van der Waals surface area contributed by atoms with Gasteiger partial charge in [-0.05, 0) is 92.7 Å². The first-order valence-corrected chi connectivity index (χ1v) is 15.0. The second-order valence-electron chi connectivity index (χ2n) is 11.9. The van der Waals surface area contributed by atoms with E-state index in [1.54, 1.807) is 7.11 Å². The van der Waals surface area contributed by atoms with Crippen LogP contribution in [0.2, 0.25) is 0 Å². The molecule has 222 valence electrons. The summed E-state index contributed by atoms with van der Waals surface area (Å²) >= 11 is 0. The van der Waals surface area contributed by atoms with Crippen LogP contribution in [0.15, 0.2) is 24.3 Å². The number of hydrogen-bond acceptors (Lipinski definition) is 3. The molecule has 40 heavy (non-hydrogen) atoms. The van der Waals surface area contributed by atoms with Gasteiger partial charge in [0.15, 0.2) is 0 Å². The highest BCUT2D eigenvalue weighted by molar-refractivity contribution is 5.66. The second kappa shape index (κ2) is 14.7. The average Bonchev–Trinajstić information content (AvgIpc) is 2.93. The molecule has 0 saturated heterocycles. The number of ether oxygens (including phenoxy) is 2. The zero-order valence-electron chi connectivity index (χ0n) is 23.9. The molecular formula is C33H44F4O3. The Labute approximate surface area is 236 Å². The summed E-state index contributed by atoms with van der Waals surface area (Å²) in [7, 11) is 1.67. The Kier molecular flexibility index (Phi) is 11.3. The number of methoxy groups -OCH3 is 1. The number of rotatable bonds is 12. The minimum atomic E-state index is -0.904. The van der Waals surface area contributed by atoms with E-state index in [0.29, 0.717) is 43.8 Å². The molecule has 0 heterocycles. The van der Waals surface area contributed by atoms with Crippen molar-refractivity contribution in [1.29, 1.82) is 0 Å². The van der Waals surface area contributed by atoms with Crippen LogP contribution in [-0.2, 0) is 4.74 Å². The van der Waals surface area contributed by atoms with Gasteiger partial charge in [0.25, 0.3) is 0 Å². The predicted octanol–water partition coefficient (Wildman–Crippen LogP) is 8.81. The molecule has 0 aromatic heterocycles. The summed E-state index contributed by atoms with van der Waals surface area (Å²) in [5, 5.41) is 9.57. The quantitative estimate of drug-likeness (QED) is 0.207. The normalized spacial score (nSPS) is 24.2. The molecule has 2 aromatic rings. The van der Waals surface area contributed by atoms with Crippen LogP contribution >= 0.6 is 0 Å². The fourth-order valence-electron chi connectivity index (χ4n) is 7.04. The van der Waals surface area contributed by atoms with E-state index < -0.39 is 28.8 Å². The first kappa shape index (κ1) is 30.8. The van der Waals surface area contributed by atoms with Crippen molar-refractivity contribution in [3.63, 3.8) is 0 Å². The Morgan fingerprint density at radius 1 is 0.825 bits per heavy atom. The molecule has 2 saturated carbocycles. The van der Waals surface area contributed by atoms with E-state index >= 15 is 8.78 Å². The lowest BCUT2D eigenvalue weighted by Crippen LogP contribution is -2.27. The van der Waals surface area contributed by atoms with E-state index in [1.807, 2.05) is 6.92 Å². The molecule has 1 unspecified atom stereocenters. The summed E-state index contributed by atoms with van der Waals surface area (Å²) in [6.07, 6.45) is 10.6. The van der Waals surface area contributed by atoms with E-state index in [0.717, 1.165) is 69.2 Å². The van der Waals surface area contributed by atoms with E-state index in [1.165, 1.54) is 12.8 Å². The number of halogens is 4. The number of benzene rings is 2. The van der Waals surface area contributed by atoms with Gasteiger partial charge in [-0.15, -0.1) is 0 Å². The molecule has 0 aliphatic heterocycles. The third-order valence-electron chi connectivity index (χ3n) is 9.22. The van der Waals surface area contributed by atoms with Crippen molar-refractivity contribution in [3.05, 3.63) is 53.1 Å². The fourth-order valence-corrected chi connectivity index (χ4v) is 7.04. The minimum Gasteiger partial charge on any atom is -0.493 e. The first-order valence-electron chi connectivity index (χ1n) is 15.0. The third kappa shape index (κ3) is 7.58. The summed E-state index contributed by atoms with van der Waals surface area (Å²) in [6.45, 7) is 3.09. The van der Waals surface area contributed by atoms with Gasteiger partial charge in [0.1, 0.15) is 29.0 Å². The van der Waals surface area contributed by atoms with Crippen LogP contribution in [0.25, 0.3) is 11.1 Å². The summed E-state index contributed by atoms with van der Waals surface area (Å²) in [5.41, 5.74) is -0.549. The summed E-state index contributed by atoms with van der Waals surface area (Å²) in [4.78, 5) is 0. The Balaban J connectivity index is 1.36. The molecule has 2 aliphatic carbocycles. The standard InChI is InChI=1S/C33H44F4O3/c1-3-4-13-40-27-17-30(36)33(31(37)18-27)26-15-28(34)32(29(35)16-26)25-11-9-24(10-12-25)23-7-5-21(6-8-23)14-22(19-38)20-39-2/h15-18,21-25,38H,3-14,19-20H2,1-2H3. The minimum absolute atomic E-state index is 0.0411. The number of aliphatic hydroxyl groups is 1. The monoisotopic (exact) mass is 564 g/mol. The van der Waals surface area contributed by atoms with Crippen LogP contribution in [0.1, 0.15) is 89.0 Å². The predicted molar refractivity (Wildman–Crippen MR) is 149 cm³/mol. The van der Waals surface area contributed by atoms with Crippen molar-refractivity contribution in [2.24, 2.45) is 23.7 Å². The van der Waals surface area contributed by atoms with Crippen LogP contribution in [0.5, 0.6) is 5.75 Å². The molecular weight excluding hydrogens is 520 g/mol. The van der Waals surface area contributed by atoms with Gasteiger partial charge in [-0.1, -0.05) is 26.2 Å². The molecule has 3 nitrogen and oxygen atoms in total. The Bertz CT molecular complexity index is 1050. The van der Waals surface area contributed by atoms with E-state index in [-0.39, 0.29) is 35.3 Å². The molecule has 7 heteroatoms. The maximum absolute atomic E-state index is 15.3. The van der Waals surface area contributed by atoms with E-state index in [9.17, 15) is 13.9 Å². The lowest BCUT2D eigenvalue weighted by atomic mass is 9.67. The van der Waals surface area contributed by atoms with Gasteiger partial charge in [0.2, 0.25) is 0 Å². The molecule has 0 amide bonds. The summed E-state index contributed by atoms with van der Waals surface area (Å²) in [5.74, 6) is -1.42. The van der Waals surface area contributed by atoms with Gasteiger partial charge >= 0.3 is 0 Å². The van der Waals surface area contributed by atoms with E-state index in [2.05, 4.69) is 0 Å². The number of unbranched alkanes of at least 4 members (excludes halogenated alkanes) is 1. The van der Waals surface area contributed by atoms with Crippen LogP contribution in [-0.4, -0.2) is 32.0 Å². The van der Waals surface area contributed by atoms with Crippen molar-refractivity contribution in [2.45, 2.75) is 83.5 Å². The SMILES string of the molecule is CCCCOc1cc(F)c(-c2cc(F)c(C3CCC(C4CCC(CC(CO)COC)CC4)CC3)c(F)c2)c(F)c1. The van der Waals surface area contributed by atoms with Crippen molar-refractivity contribution in [2.75, 3.05) is 26.9 Å². The van der Waals surface area contributed by atoms with Gasteiger partial charge < -0.3 is 14.6 Å². The Morgan fingerprint density at radius 3 is 1.93 bits per heavy atom. The van der Waals surface area contributed by atoms with Gasteiger partial charge in [0, 0.05) is 37.3 Å². The zero-order chi connectivity index (χ0) is 28.6. The van der Waals surface area contributed by atoms with Gasteiger partial charge in [-0.3, -0.25) is 0 Å². The number of aliphatic hydroxyl groups excluding tert-OH is 1. The van der Waals surface area contributed by atoms with Gasteiger partial charge in [-0.25, -0.2) is 17.6 Å². The van der Waals surface area contributed by atoms with Gasteiger partial charge in [0.05, 0.1) is 18.8 Å². The molecule has 2 fully saturated rings. The lowest BCUT2D eigenvalue weighted by molar-refractivity contribution is 0.0806. The highest BCUT2D eigenvalue weighted by atomic mass is 19.1. The van der Waals surface area contributed by atoms with E-state index in [4.69, 9.17) is 9.47 Å². The molecule has 1 atom stereocenters. The largest absolute Gasteiger partial charge is 0.493 e. The molecule has 0 bridgehead atoms. The maximum atomic E-state index is 15.3. The highest BCUT2D eigenvalue weighted by Crippen LogP contribution is 2.46. The van der Waals surface area contributed by atoms with Crippen molar-refractivity contribution in [3.8, 4) is 16.9 Å². The van der Waals surface area contributed by atoms with Crippen LogP contribution < -0.4 is 4.74 Å². The lowest BCUT2D eigenvalue weighted by Gasteiger charge is -2.38. The molecule has 0 spiro atoms. The van der Waals surface area contributed by atoms with Crippen LogP contribution in [0, 0.1) is 46.9 Å². The molecule has 0 radical (unpaired) electrons. The van der Waals surface area contributed by atoms with Gasteiger partial charge in [-0.2, -0.15) is 0 Å². The third-order valence-corrected chi connectivity index (χ3v) is 9.22. The van der Waals surface area contributed by atoms with Crippen LogP contribution in [0.3, 0.4) is 0 Å². The molecule has 2 aliphatic rings. The second-order valence-corrected chi connectivity index (χ2v) is 11.9. The van der Waals surface area contributed by atoms with Crippen molar-refractivity contribution >= 4 is 0 Å². The molecule has 2 aromatic carbocycles. The Morgan fingerprint density at radius 2 is 1.40 bits per heavy atom. The topological polar surface area (TPSA) is 38.7 Å². The molecule has 4 rings (SSSR count). The molecule has 1 N–H and O–H groups in total. The smallest absolute Gasteiger partial charge is 0.137 e. The van der Waals surface area contributed by atoms with Crippen molar-refractivity contribution < 1.29 is 32.1 Å². The first-order chi connectivity index (χ1) is 19.3. The maximum Gasteiger partial charge on any atom is 0.137 e. The average molecular weight is 565 g/mol. The fraction of sp³-hybridized carbons (Fsp3) is 0.636. The highest BCUT2D eigenvalue weighted by Gasteiger charge is 2.34. The number of hydrogen-bond donors (Lipinski definition) is 1. The zero-order valence-corrected chi connectivity index (χ0v) is 23.9. The summed E-state index contributed by atoms with van der Waals surface area (Å²) in [6, 6.07) is 4.26. The summed E-state index contributed by atoms with van der Waals surface area (Å²) < 4.78 is 70.8.